The maximum Gasteiger partial charge on any atom is 0.303 e. The highest BCUT2D eigenvalue weighted by Gasteiger charge is 2.11. The number of para-hydroxylation sites is 1. The van der Waals surface area contributed by atoms with Crippen LogP contribution in [0.5, 0.6) is 0 Å². The number of aromatic amines is 2. The lowest BCUT2D eigenvalue weighted by molar-refractivity contribution is -0.137. The Morgan fingerprint density at radius 2 is 2.16 bits per heavy atom. The number of rotatable bonds is 4. The first-order valence-corrected chi connectivity index (χ1v) is 5.93. The molecule has 0 saturated carbocycles. The largest absolute Gasteiger partial charge is 0.481 e. The number of carboxylic acids is 1. The molecule has 2 aromatic heterocycles. The van der Waals surface area contributed by atoms with E-state index in [2.05, 4.69) is 20.2 Å². The third-order valence-corrected chi connectivity index (χ3v) is 2.94. The Labute approximate surface area is 108 Å². The zero-order chi connectivity index (χ0) is 13.2. The van der Waals surface area contributed by atoms with Crippen LogP contribution in [-0.2, 0) is 11.2 Å². The van der Waals surface area contributed by atoms with Gasteiger partial charge >= 0.3 is 5.97 Å². The highest BCUT2D eigenvalue weighted by molar-refractivity contribution is 5.93. The molecule has 0 spiro atoms. The van der Waals surface area contributed by atoms with Gasteiger partial charge in [0, 0.05) is 29.1 Å². The Kier molecular flexibility index (Phi) is 2.75. The fourth-order valence-electron chi connectivity index (χ4n) is 2.01. The maximum absolute atomic E-state index is 10.5. The quantitative estimate of drug-likeness (QED) is 0.665. The van der Waals surface area contributed by atoms with E-state index in [1.807, 2.05) is 30.5 Å². The van der Waals surface area contributed by atoms with Crippen LogP contribution in [0.1, 0.15) is 12.2 Å². The molecular weight excluding hydrogens is 244 g/mol. The van der Waals surface area contributed by atoms with E-state index in [4.69, 9.17) is 5.11 Å². The van der Waals surface area contributed by atoms with Gasteiger partial charge in [-0.05, 0) is 6.07 Å². The number of aromatic nitrogens is 4. The number of nitrogens with zero attached hydrogens (tertiary/aromatic N) is 2. The summed E-state index contributed by atoms with van der Waals surface area (Å²) in [5.74, 6) is 0.325. The van der Waals surface area contributed by atoms with Crippen LogP contribution in [0.4, 0.5) is 0 Å². The average molecular weight is 256 g/mol. The van der Waals surface area contributed by atoms with Crippen LogP contribution >= 0.6 is 0 Å². The molecule has 0 saturated heterocycles. The molecule has 96 valence electrons. The van der Waals surface area contributed by atoms with Crippen LogP contribution in [0.25, 0.3) is 22.3 Å². The monoisotopic (exact) mass is 256 g/mol. The van der Waals surface area contributed by atoms with Crippen LogP contribution in [-0.4, -0.2) is 31.2 Å². The van der Waals surface area contributed by atoms with Gasteiger partial charge in [-0.3, -0.25) is 9.89 Å². The van der Waals surface area contributed by atoms with Crippen molar-refractivity contribution in [1.29, 1.82) is 0 Å². The molecule has 3 rings (SSSR count). The number of aryl methyl sites for hydroxylation is 1. The predicted octanol–water partition coefficient (Wildman–Crippen LogP) is 1.97. The second-order valence-corrected chi connectivity index (χ2v) is 4.25. The van der Waals surface area contributed by atoms with Gasteiger partial charge in [0.1, 0.15) is 5.82 Å². The first-order chi connectivity index (χ1) is 9.24. The van der Waals surface area contributed by atoms with E-state index in [0.29, 0.717) is 18.1 Å². The lowest BCUT2D eigenvalue weighted by atomic mass is 10.2. The van der Waals surface area contributed by atoms with Crippen molar-refractivity contribution in [1.82, 2.24) is 20.2 Å². The molecule has 0 aliphatic heterocycles. The standard InChI is InChI=1S/C13H12N4O2/c18-12(19)6-5-11-15-13(17-16-11)9-7-14-10-4-2-1-3-8(9)10/h1-4,7,14H,5-6H2,(H,18,19)(H,15,16,17). The Hall–Kier alpha value is -2.63. The van der Waals surface area contributed by atoms with E-state index < -0.39 is 5.97 Å². The number of hydrogen-bond acceptors (Lipinski definition) is 3. The van der Waals surface area contributed by atoms with Crippen LogP contribution in [0.2, 0.25) is 0 Å². The number of nitrogens with one attached hydrogen (secondary N) is 2. The smallest absolute Gasteiger partial charge is 0.303 e. The summed E-state index contributed by atoms with van der Waals surface area (Å²) < 4.78 is 0. The van der Waals surface area contributed by atoms with Crippen LogP contribution in [0.3, 0.4) is 0 Å². The first kappa shape index (κ1) is 11.5. The molecule has 6 heteroatoms. The summed E-state index contributed by atoms with van der Waals surface area (Å²) >= 11 is 0. The van der Waals surface area contributed by atoms with Gasteiger partial charge < -0.3 is 10.1 Å². The van der Waals surface area contributed by atoms with Gasteiger partial charge in [0.05, 0.1) is 6.42 Å². The van der Waals surface area contributed by atoms with E-state index in [1.165, 1.54) is 0 Å². The molecule has 2 heterocycles. The van der Waals surface area contributed by atoms with Gasteiger partial charge in [-0.25, -0.2) is 4.98 Å². The predicted molar refractivity (Wildman–Crippen MR) is 69.6 cm³/mol. The zero-order valence-corrected chi connectivity index (χ0v) is 10.1. The summed E-state index contributed by atoms with van der Waals surface area (Å²) in [4.78, 5) is 18.0. The molecule has 0 aliphatic carbocycles. The number of fused-ring (bicyclic) bond motifs is 1. The second kappa shape index (κ2) is 4.56. The van der Waals surface area contributed by atoms with Crippen molar-refractivity contribution in [2.45, 2.75) is 12.8 Å². The average Bonchev–Trinajstić information content (AvgIpc) is 3.02. The summed E-state index contributed by atoms with van der Waals surface area (Å²) in [5, 5.41) is 16.6. The van der Waals surface area contributed by atoms with E-state index in [-0.39, 0.29) is 6.42 Å². The van der Waals surface area contributed by atoms with Crippen LogP contribution < -0.4 is 0 Å². The van der Waals surface area contributed by atoms with Crippen molar-refractivity contribution in [2.24, 2.45) is 0 Å². The van der Waals surface area contributed by atoms with Crippen molar-refractivity contribution in [3.8, 4) is 11.4 Å². The Morgan fingerprint density at radius 3 is 3.00 bits per heavy atom. The Bertz CT molecular complexity index is 729. The summed E-state index contributed by atoms with van der Waals surface area (Å²) in [7, 11) is 0. The highest BCUT2D eigenvalue weighted by Crippen LogP contribution is 2.25. The van der Waals surface area contributed by atoms with E-state index >= 15 is 0 Å². The minimum atomic E-state index is -0.843. The normalized spacial score (nSPS) is 10.9. The van der Waals surface area contributed by atoms with Crippen molar-refractivity contribution >= 4 is 16.9 Å². The number of benzene rings is 1. The van der Waals surface area contributed by atoms with Gasteiger partial charge in [-0.1, -0.05) is 18.2 Å². The molecule has 3 aromatic rings. The molecule has 19 heavy (non-hydrogen) atoms. The van der Waals surface area contributed by atoms with Crippen molar-refractivity contribution in [2.75, 3.05) is 0 Å². The van der Waals surface area contributed by atoms with Gasteiger partial charge in [0.2, 0.25) is 0 Å². The molecular formula is C13H12N4O2. The number of carboxylic acid groups (broad SMARTS) is 1. The summed E-state index contributed by atoms with van der Waals surface area (Å²) in [6, 6.07) is 7.89. The van der Waals surface area contributed by atoms with Crippen molar-refractivity contribution in [3.63, 3.8) is 0 Å². The minimum Gasteiger partial charge on any atom is -0.481 e. The first-order valence-electron chi connectivity index (χ1n) is 5.93. The SMILES string of the molecule is O=C(O)CCc1nc(-c2c[nH]c3ccccc23)n[nH]1. The zero-order valence-electron chi connectivity index (χ0n) is 10.1. The van der Waals surface area contributed by atoms with Crippen LogP contribution in [0, 0.1) is 0 Å². The van der Waals surface area contributed by atoms with Crippen LogP contribution in [0.15, 0.2) is 30.5 Å². The Morgan fingerprint density at radius 1 is 1.32 bits per heavy atom. The fraction of sp³-hybridized carbons (Fsp3) is 0.154. The number of H-pyrrole nitrogens is 2. The second-order valence-electron chi connectivity index (χ2n) is 4.25. The topological polar surface area (TPSA) is 94.7 Å². The van der Waals surface area contributed by atoms with Crippen molar-refractivity contribution in [3.05, 3.63) is 36.3 Å². The molecule has 0 unspecified atom stereocenters. The molecule has 1 aromatic carbocycles. The summed E-state index contributed by atoms with van der Waals surface area (Å²) in [5.41, 5.74) is 1.93. The number of aliphatic carboxylic acids is 1. The lowest BCUT2D eigenvalue weighted by Gasteiger charge is -1.92. The third kappa shape index (κ3) is 2.20. The molecule has 0 atom stereocenters. The fourth-order valence-corrected chi connectivity index (χ4v) is 2.01. The summed E-state index contributed by atoms with van der Waals surface area (Å²) in [6.45, 7) is 0. The minimum absolute atomic E-state index is 0.0442. The molecule has 0 amide bonds. The molecule has 3 N–H and O–H groups in total. The summed E-state index contributed by atoms with van der Waals surface area (Å²) in [6.07, 6.45) is 2.25. The molecule has 0 fully saturated rings. The maximum atomic E-state index is 10.5. The number of hydrogen-bond donors (Lipinski definition) is 3. The van der Waals surface area contributed by atoms with E-state index in [9.17, 15) is 4.79 Å². The van der Waals surface area contributed by atoms with Gasteiger partial charge in [0.15, 0.2) is 5.82 Å². The van der Waals surface area contributed by atoms with E-state index in [0.717, 1.165) is 16.5 Å². The molecule has 0 radical (unpaired) electrons. The third-order valence-electron chi connectivity index (χ3n) is 2.94. The number of carbonyl (C=O) groups is 1. The van der Waals surface area contributed by atoms with Gasteiger partial charge in [-0.2, -0.15) is 5.10 Å². The lowest BCUT2D eigenvalue weighted by Crippen LogP contribution is -1.98. The van der Waals surface area contributed by atoms with Crippen molar-refractivity contribution < 1.29 is 9.90 Å². The molecule has 6 nitrogen and oxygen atoms in total. The van der Waals surface area contributed by atoms with Gasteiger partial charge in [-0.15, -0.1) is 0 Å². The van der Waals surface area contributed by atoms with E-state index in [1.54, 1.807) is 0 Å². The molecule has 0 bridgehead atoms. The van der Waals surface area contributed by atoms with Gasteiger partial charge in [0.25, 0.3) is 0 Å². The highest BCUT2D eigenvalue weighted by atomic mass is 16.4. The Balaban J connectivity index is 1.92. The molecule has 0 aliphatic rings.